The van der Waals surface area contributed by atoms with Crippen molar-refractivity contribution >= 4 is 37.5 Å². The number of carbonyl (C=O) groups is 1. The molecule has 0 heterocycles. The lowest BCUT2D eigenvalue weighted by atomic mass is 10.0. The van der Waals surface area contributed by atoms with Crippen molar-refractivity contribution in [3.05, 3.63) is 81.8 Å². The molecule has 0 aromatic heterocycles. The van der Waals surface area contributed by atoms with E-state index in [2.05, 4.69) is 21.2 Å². The lowest BCUT2D eigenvalue weighted by molar-refractivity contribution is -0.120. The molecule has 0 fully saturated rings. The lowest BCUT2D eigenvalue weighted by Crippen LogP contribution is -2.42. The van der Waals surface area contributed by atoms with Gasteiger partial charge in [-0.1, -0.05) is 36.8 Å². The Labute approximate surface area is 221 Å². The molecule has 0 aliphatic rings. The van der Waals surface area contributed by atoms with Crippen LogP contribution in [0.4, 0.5) is 5.69 Å². The van der Waals surface area contributed by atoms with Gasteiger partial charge in [0, 0.05) is 0 Å². The van der Waals surface area contributed by atoms with Gasteiger partial charge in [0.2, 0.25) is 5.91 Å². The summed E-state index contributed by atoms with van der Waals surface area (Å²) < 4.78 is 39.6. The van der Waals surface area contributed by atoms with Gasteiger partial charge in [-0.15, -0.1) is 0 Å². The van der Waals surface area contributed by atoms with Crippen LogP contribution in [0.3, 0.4) is 0 Å². The molecule has 7 nitrogen and oxygen atoms in total. The molecule has 0 bridgehead atoms. The van der Waals surface area contributed by atoms with E-state index in [1.807, 2.05) is 51.1 Å². The SMILES string of the molecule is CCC(NC(=O)CN(c1ccc(C)cc1)S(=O)(=O)c1ccc(OC)c(Br)c1)c1ccc(OC)c(C)c1. The Bertz CT molecular complexity index is 1330. The lowest BCUT2D eigenvalue weighted by Gasteiger charge is -2.26. The van der Waals surface area contributed by atoms with Crippen LogP contribution in [-0.4, -0.2) is 35.1 Å². The number of rotatable bonds is 10. The quantitative estimate of drug-likeness (QED) is 0.343. The third-order valence-corrected chi connectivity index (χ3v) is 8.27. The standard InChI is InChI=1S/C27H31BrN2O5S/c1-6-24(20-9-13-25(34-4)19(3)15-20)29-27(31)17-30(21-10-7-18(2)8-11-21)36(32,33)22-12-14-26(35-5)23(28)16-22/h7-16,24H,6,17H2,1-5H3,(H,29,31). The smallest absolute Gasteiger partial charge is 0.264 e. The van der Waals surface area contributed by atoms with Gasteiger partial charge >= 0.3 is 0 Å². The van der Waals surface area contributed by atoms with E-state index in [4.69, 9.17) is 9.47 Å². The fourth-order valence-corrected chi connectivity index (χ4v) is 6.01. The molecule has 0 saturated heterocycles. The van der Waals surface area contributed by atoms with Crippen molar-refractivity contribution in [3.8, 4) is 11.5 Å². The van der Waals surface area contributed by atoms with Crippen LogP contribution in [0, 0.1) is 13.8 Å². The average molecular weight is 576 g/mol. The van der Waals surface area contributed by atoms with E-state index in [-0.39, 0.29) is 17.5 Å². The van der Waals surface area contributed by atoms with Crippen molar-refractivity contribution in [2.75, 3.05) is 25.1 Å². The predicted octanol–water partition coefficient (Wildman–Crippen LogP) is 5.55. The number of benzene rings is 3. The summed E-state index contributed by atoms with van der Waals surface area (Å²) in [7, 11) is -0.943. The maximum Gasteiger partial charge on any atom is 0.264 e. The second kappa shape index (κ2) is 11.8. The molecule has 0 spiro atoms. The third kappa shape index (κ3) is 6.20. The molecule has 1 atom stereocenters. The first-order valence-electron chi connectivity index (χ1n) is 11.5. The van der Waals surface area contributed by atoms with Gasteiger partial charge in [0.1, 0.15) is 18.0 Å². The van der Waals surface area contributed by atoms with E-state index in [1.165, 1.54) is 19.2 Å². The third-order valence-electron chi connectivity index (χ3n) is 5.89. The number of halogens is 1. The highest BCUT2D eigenvalue weighted by molar-refractivity contribution is 9.10. The number of methoxy groups -OCH3 is 2. The number of nitrogens with one attached hydrogen (secondary N) is 1. The molecule has 0 aliphatic carbocycles. The summed E-state index contributed by atoms with van der Waals surface area (Å²) >= 11 is 3.35. The average Bonchev–Trinajstić information content (AvgIpc) is 2.86. The fraction of sp³-hybridized carbons (Fsp3) is 0.296. The zero-order chi connectivity index (χ0) is 26.5. The molecule has 36 heavy (non-hydrogen) atoms. The highest BCUT2D eigenvalue weighted by Gasteiger charge is 2.28. The first-order chi connectivity index (χ1) is 17.1. The van der Waals surface area contributed by atoms with E-state index in [1.54, 1.807) is 25.3 Å². The Morgan fingerprint density at radius 3 is 2.17 bits per heavy atom. The molecule has 192 valence electrons. The van der Waals surface area contributed by atoms with Crippen molar-refractivity contribution < 1.29 is 22.7 Å². The van der Waals surface area contributed by atoms with Crippen LogP contribution < -0.4 is 19.1 Å². The number of carbonyl (C=O) groups excluding carboxylic acids is 1. The summed E-state index contributed by atoms with van der Waals surface area (Å²) in [6.45, 7) is 5.45. The summed E-state index contributed by atoms with van der Waals surface area (Å²) in [5.41, 5.74) is 3.26. The first kappa shape index (κ1) is 27.5. The molecule has 1 amide bonds. The highest BCUT2D eigenvalue weighted by Crippen LogP contribution is 2.31. The second-order valence-electron chi connectivity index (χ2n) is 8.40. The van der Waals surface area contributed by atoms with Gasteiger partial charge in [0.25, 0.3) is 10.0 Å². The number of hydrogen-bond acceptors (Lipinski definition) is 5. The van der Waals surface area contributed by atoms with Gasteiger partial charge in [-0.3, -0.25) is 9.10 Å². The molecule has 3 rings (SSSR count). The highest BCUT2D eigenvalue weighted by atomic mass is 79.9. The van der Waals surface area contributed by atoms with E-state index in [0.29, 0.717) is 22.3 Å². The Hall–Kier alpha value is -3.04. The van der Waals surface area contributed by atoms with Crippen LogP contribution in [0.25, 0.3) is 0 Å². The number of nitrogens with zero attached hydrogens (tertiary/aromatic N) is 1. The minimum absolute atomic E-state index is 0.0429. The van der Waals surface area contributed by atoms with Gasteiger partial charge in [-0.25, -0.2) is 8.42 Å². The summed E-state index contributed by atoms with van der Waals surface area (Å²) in [4.78, 5) is 13.3. The van der Waals surface area contributed by atoms with Gasteiger partial charge in [0.15, 0.2) is 0 Å². The van der Waals surface area contributed by atoms with Crippen LogP contribution >= 0.6 is 15.9 Å². The van der Waals surface area contributed by atoms with Crippen LogP contribution in [0.1, 0.15) is 36.1 Å². The van der Waals surface area contributed by atoms with Crippen molar-refractivity contribution in [2.45, 2.75) is 38.1 Å². The molecule has 1 N–H and O–H groups in total. The second-order valence-corrected chi connectivity index (χ2v) is 11.1. The molecule has 0 aliphatic heterocycles. The number of ether oxygens (including phenoxy) is 2. The Morgan fingerprint density at radius 2 is 1.61 bits per heavy atom. The van der Waals surface area contributed by atoms with Crippen molar-refractivity contribution in [1.29, 1.82) is 0 Å². The fourth-order valence-electron chi connectivity index (χ4n) is 3.87. The minimum atomic E-state index is -4.06. The zero-order valence-electron chi connectivity index (χ0n) is 21.0. The van der Waals surface area contributed by atoms with Crippen molar-refractivity contribution in [3.63, 3.8) is 0 Å². The minimum Gasteiger partial charge on any atom is -0.496 e. The topological polar surface area (TPSA) is 84.9 Å². The van der Waals surface area contributed by atoms with Crippen LogP contribution in [0.5, 0.6) is 11.5 Å². The van der Waals surface area contributed by atoms with Gasteiger partial charge < -0.3 is 14.8 Å². The molecule has 1 unspecified atom stereocenters. The van der Waals surface area contributed by atoms with Crippen LogP contribution in [0.2, 0.25) is 0 Å². The molecular weight excluding hydrogens is 544 g/mol. The summed E-state index contributed by atoms with van der Waals surface area (Å²) in [5.74, 6) is 0.864. The maximum atomic E-state index is 13.7. The number of sulfonamides is 1. The zero-order valence-corrected chi connectivity index (χ0v) is 23.4. The monoisotopic (exact) mass is 574 g/mol. The number of aryl methyl sites for hydroxylation is 2. The predicted molar refractivity (Wildman–Crippen MR) is 145 cm³/mol. The summed E-state index contributed by atoms with van der Waals surface area (Å²) in [6.07, 6.45) is 0.639. The number of amides is 1. The van der Waals surface area contributed by atoms with E-state index < -0.39 is 15.9 Å². The van der Waals surface area contributed by atoms with E-state index in [0.717, 1.165) is 26.7 Å². The normalized spacial score (nSPS) is 12.1. The van der Waals surface area contributed by atoms with Gasteiger partial charge in [-0.2, -0.15) is 0 Å². The summed E-state index contributed by atoms with van der Waals surface area (Å²) in [5, 5.41) is 3.00. The van der Waals surface area contributed by atoms with Gasteiger partial charge in [0.05, 0.1) is 35.3 Å². The van der Waals surface area contributed by atoms with Crippen molar-refractivity contribution in [1.82, 2.24) is 5.32 Å². The Kier molecular flexibility index (Phi) is 9.03. The molecule has 3 aromatic rings. The molecule has 0 radical (unpaired) electrons. The Morgan fingerprint density at radius 1 is 0.972 bits per heavy atom. The van der Waals surface area contributed by atoms with E-state index in [9.17, 15) is 13.2 Å². The largest absolute Gasteiger partial charge is 0.496 e. The van der Waals surface area contributed by atoms with Crippen LogP contribution in [-0.2, 0) is 14.8 Å². The molecule has 3 aromatic carbocycles. The van der Waals surface area contributed by atoms with Crippen LogP contribution in [0.15, 0.2) is 70.0 Å². The number of anilines is 1. The first-order valence-corrected chi connectivity index (χ1v) is 13.7. The Balaban J connectivity index is 1.93. The molecular formula is C27H31BrN2O5S. The maximum absolute atomic E-state index is 13.7. The molecule has 9 heteroatoms. The van der Waals surface area contributed by atoms with Crippen molar-refractivity contribution in [2.24, 2.45) is 0 Å². The van der Waals surface area contributed by atoms with Gasteiger partial charge in [-0.05, 0) is 83.7 Å². The summed E-state index contributed by atoms with van der Waals surface area (Å²) in [6, 6.07) is 17.0. The van der Waals surface area contributed by atoms with E-state index >= 15 is 0 Å². The number of hydrogen-bond donors (Lipinski definition) is 1. The molecule has 0 saturated carbocycles.